The molecule has 0 saturated carbocycles. The molecule has 0 bridgehead atoms. The number of amides is 1. The van der Waals surface area contributed by atoms with E-state index in [1.165, 1.54) is 11.9 Å². The van der Waals surface area contributed by atoms with Crippen LogP contribution in [-0.4, -0.2) is 21.8 Å². The topological polar surface area (TPSA) is 54.8 Å². The van der Waals surface area contributed by atoms with Crippen molar-refractivity contribution in [3.05, 3.63) is 64.9 Å². The second kappa shape index (κ2) is 6.01. The zero-order chi connectivity index (χ0) is 16.4. The summed E-state index contributed by atoms with van der Waals surface area (Å²) in [4.78, 5) is 16.2. The van der Waals surface area contributed by atoms with Crippen LogP contribution < -0.4 is 0 Å². The largest absolute Gasteiger partial charge is 0.443 e. The number of benzene rings is 1. The summed E-state index contributed by atoms with van der Waals surface area (Å²) in [5.41, 5.74) is 0.503. The van der Waals surface area contributed by atoms with Crippen LogP contribution in [0.1, 0.15) is 31.4 Å². The number of carbonyl (C=O) groups is 1. The average Bonchev–Trinajstić information content (AvgIpc) is 2.97. The van der Waals surface area contributed by atoms with E-state index in [-0.39, 0.29) is 5.91 Å². The highest BCUT2D eigenvalue weighted by Crippen LogP contribution is 2.40. The van der Waals surface area contributed by atoms with E-state index in [0.29, 0.717) is 17.3 Å². The number of pyridine rings is 1. The van der Waals surface area contributed by atoms with Gasteiger partial charge in [-0.1, -0.05) is 30.7 Å². The minimum Gasteiger partial charge on any atom is -0.443 e. The maximum Gasteiger partial charge on any atom is 0.243 e. The molecule has 5 nitrogen and oxygen atoms in total. The van der Waals surface area contributed by atoms with Crippen molar-refractivity contribution in [2.45, 2.75) is 26.0 Å². The van der Waals surface area contributed by atoms with E-state index in [1.54, 1.807) is 30.6 Å². The Morgan fingerprint density at radius 3 is 2.78 bits per heavy atom. The van der Waals surface area contributed by atoms with Gasteiger partial charge in [-0.15, -0.1) is 5.10 Å². The highest BCUT2D eigenvalue weighted by Gasteiger charge is 2.47. The van der Waals surface area contributed by atoms with Gasteiger partial charge in [-0.3, -0.25) is 9.78 Å². The molecular formula is C17H16ClN3O2. The van der Waals surface area contributed by atoms with Gasteiger partial charge in [-0.2, -0.15) is 5.01 Å². The van der Waals surface area contributed by atoms with Crippen LogP contribution in [-0.2, 0) is 15.3 Å². The van der Waals surface area contributed by atoms with Gasteiger partial charge in [0.2, 0.25) is 17.5 Å². The van der Waals surface area contributed by atoms with Crippen LogP contribution in [0.2, 0.25) is 5.02 Å². The van der Waals surface area contributed by atoms with Crippen LogP contribution in [0.25, 0.3) is 0 Å². The van der Waals surface area contributed by atoms with Gasteiger partial charge in [-0.05, 0) is 24.3 Å². The Morgan fingerprint density at radius 2 is 2.17 bits per heavy atom. The molecule has 1 aromatic carbocycles. The molecule has 1 amide bonds. The van der Waals surface area contributed by atoms with E-state index >= 15 is 0 Å². The van der Waals surface area contributed by atoms with E-state index in [0.717, 1.165) is 11.1 Å². The van der Waals surface area contributed by atoms with Gasteiger partial charge < -0.3 is 4.74 Å². The Bertz CT molecular complexity index is 763. The summed E-state index contributed by atoms with van der Waals surface area (Å²) in [6.07, 6.45) is 3.85. The second-order valence-electron chi connectivity index (χ2n) is 5.23. The first kappa shape index (κ1) is 15.5. The van der Waals surface area contributed by atoms with Crippen LogP contribution in [0.3, 0.4) is 0 Å². The maximum absolute atomic E-state index is 12.1. The Balaban J connectivity index is 2.09. The summed E-state index contributed by atoms with van der Waals surface area (Å²) in [6, 6.07) is 10.9. The lowest BCUT2D eigenvalue weighted by Crippen LogP contribution is -2.43. The first-order valence-corrected chi connectivity index (χ1v) is 7.69. The van der Waals surface area contributed by atoms with Crippen molar-refractivity contribution in [3.8, 4) is 0 Å². The predicted octanol–water partition coefficient (Wildman–Crippen LogP) is 3.54. The van der Waals surface area contributed by atoms with Gasteiger partial charge >= 0.3 is 0 Å². The smallest absolute Gasteiger partial charge is 0.243 e. The van der Waals surface area contributed by atoms with E-state index in [2.05, 4.69) is 10.1 Å². The maximum atomic E-state index is 12.1. The molecule has 0 saturated heterocycles. The fourth-order valence-corrected chi connectivity index (χ4v) is 2.85. The van der Waals surface area contributed by atoms with Crippen molar-refractivity contribution in [2.24, 2.45) is 5.10 Å². The van der Waals surface area contributed by atoms with E-state index in [1.807, 2.05) is 25.1 Å². The number of carbonyl (C=O) groups excluding carboxylic acids is 1. The van der Waals surface area contributed by atoms with Crippen molar-refractivity contribution in [3.63, 3.8) is 0 Å². The third kappa shape index (κ3) is 2.68. The molecule has 6 heteroatoms. The van der Waals surface area contributed by atoms with Gasteiger partial charge in [0.05, 0.1) is 5.56 Å². The molecule has 0 fully saturated rings. The van der Waals surface area contributed by atoms with Gasteiger partial charge in [-0.25, -0.2) is 0 Å². The number of hydrazone groups is 1. The third-order valence-electron chi connectivity index (χ3n) is 3.76. The number of nitrogens with zero attached hydrogens (tertiary/aromatic N) is 3. The molecule has 0 N–H and O–H groups in total. The zero-order valence-electron chi connectivity index (χ0n) is 12.9. The van der Waals surface area contributed by atoms with Crippen LogP contribution in [0.15, 0.2) is 53.9 Å². The number of rotatable bonds is 3. The number of hydrogen-bond acceptors (Lipinski definition) is 4. The molecule has 23 heavy (non-hydrogen) atoms. The second-order valence-corrected chi connectivity index (χ2v) is 5.66. The van der Waals surface area contributed by atoms with Gasteiger partial charge in [0.25, 0.3) is 0 Å². The van der Waals surface area contributed by atoms with Crippen molar-refractivity contribution in [1.82, 2.24) is 9.99 Å². The first-order valence-electron chi connectivity index (χ1n) is 7.31. The monoisotopic (exact) mass is 329 g/mol. The van der Waals surface area contributed by atoms with Gasteiger partial charge in [0, 0.05) is 36.3 Å². The first-order chi connectivity index (χ1) is 11.1. The fraction of sp³-hybridized carbons (Fsp3) is 0.235. The molecule has 1 aliphatic rings. The number of hydrogen-bond donors (Lipinski definition) is 0. The molecule has 0 radical (unpaired) electrons. The highest BCUT2D eigenvalue weighted by atomic mass is 35.5. The number of halogens is 1. The summed E-state index contributed by atoms with van der Waals surface area (Å²) in [5, 5.41) is 6.34. The molecular weight excluding hydrogens is 314 g/mol. The summed E-state index contributed by atoms with van der Waals surface area (Å²) in [7, 11) is 0. The highest BCUT2D eigenvalue weighted by molar-refractivity contribution is 6.30. The lowest BCUT2D eigenvalue weighted by atomic mass is 9.99. The van der Waals surface area contributed by atoms with Crippen LogP contribution >= 0.6 is 11.6 Å². The number of ether oxygens (including phenoxy) is 1. The minimum absolute atomic E-state index is 0.203. The standard InChI is InChI=1S/C17H16ClN3O2/c1-3-17(14-7-4-8-15(18)10-14)21(12(2)22)20-16(23-17)13-6-5-9-19-11-13/h4-11H,3H2,1-2H3/t17-/m0/s1. The van der Waals surface area contributed by atoms with Crippen LogP contribution in [0.4, 0.5) is 0 Å². The Kier molecular flexibility index (Phi) is 4.05. The van der Waals surface area contributed by atoms with Crippen LogP contribution in [0, 0.1) is 0 Å². The van der Waals surface area contributed by atoms with Crippen molar-refractivity contribution in [2.75, 3.05) is 0 Å². The van der Waals surface area contributed by atoms with Gasteiger partial charge in [0.15, 0.2) is 0 Å². The lowest BCUT2D eigenvalue weighted by Gasteiger charge is -2.34. The molecule has 0 spiro atoms. The minimum atomic E-state index is -0.998. The Labute approximate surface area is 139 Å². The van der Waals surface area contributed by atoms with Crippen molar-refractivity contribution < 1.29 is 9.53 Å². The molecule has 0 aliphatic carbocycles. The molecule has 1 atom stereocenters. The molecule has 2 heterocycles. The number of aromatic nitrogens is 1. The SMILES string of the molecule is CC[C@@]1(c2cccc(Cl)c2)OC(c2cccnc2)=NN1C(C)=O. The molecule has 0 unspecified atom stereocenters. The Hall–Kier alpha value is -2.40. The van der Waals surface area contributed by atoms with E-state index < -0.39 is 5.72 Å². The van der Waals surface area contributed by atoms with Crippen molar-refractivity contribution in [1.29, 1.82) is 0 Å². The fourth-order valence-electron chi connectivity index (χ4n) is 2.66. The lowest BCUT2D eigenvalue weighted by molar-refractivity contribution is -0.149. The van der Waals surface area contributed by atoms with Crippen molar-refractivity contribution >= 4 is 23.4 Å². The summed E-state index contributed by atoms with van der Waals surface area (Å²) in [5.74, 6) is 0.167. The quantitative estimate of drug-likeness (QED) is 0.865. The Morgan fingerprint density at radius 1 is 1.35 bits per heavy atom. The summed E-state index contributed by atoms with van der Waals surface area (Å²) in [6.45, 7) is 3.41. The molecule has 3 rings (SSSR count). The van der Waals surface area contributed by atoms with Crippen LogP contribution in [0.5, 0.6) is 0 Å². The van der Waals surface area contributed by atoms with Gasteiger partial charge in [0.1, 0.15) is 0 Å². The van der Waals surface area contributed by atoms with E-state index in [4.69, 9.17) is 16.3 Å². The molecule has 1 aliphatic heterocycles. The summed E-state index contributed by atoms with van der Waals surface area (Å²) >= 11 is 6.12. The zero-order valence-corrected chi connectivity index (χ0v) is 13.6. The molecule has 1 aromatic heterocycles. The molecule has 118 valence electrons. The normalized spacial score (nSPS) is 20.1. The molecule has 2 aromatic rings. The van der Waals surface area contributed by atoms with E-state index in [9.17, 15) is 4.79 Å². The predicted molar refractivity (Wildman–Crippen MR) is 87.8 cm³/mol. The summed E-state index contributed by atoms with van der Waals surface area (Å²) < 4.78 is 6.16. The average molecular weight is 330 g/mol. The third-order valence-corrected chi connectivity index (χ3v) is 4.00.